The molecule has 0 N–H and O–H groups in total. The molecule has 0 amide bonds. The predicted molar refractivity (Wildman–Crippen MR) is 83.6 cm³/mol. The van der Waals surface area contributed by atoms with Gasteiger partial charge in [0.25, 0.3) is 0 Å². The third-order valence-electron chi connectivity index (χ3n) is 2.98. The van der Waals surface area contributed by atoms with E-state index >= 15 is 0 Å². The van der Waals surface area contributed by atoms with Gasteiger partial charge in [-0.1, -0.05) is 56.9 Å². The van der Waals surface area contributed by atoms with E-state index in [1.807, 2.05) is 0 Å². The minimum atomic E-state index is 0. The Kier molecular flexibility index (Phi) is 28.8. The summed E-state index contributed by atoms with van der Waals surface area (Å²) in [5.41, 5.74) is 0. The van der Waals surface area contributed by atoms with Crippen molar-refractivity contribution in [1.29, 1.82) is 0 Å². The van der Waals surface area contributed by atoms with Gasteiger partial charge in [-0.3, -0.25) is 0 Å². The molecule has 2 aliphatic rings. The topological polar surface area (TPSA) is 0 Å². The summed E-state index contributed by atoms with van der Waals surface area (Å²) in [4.78, 5) is 0. The van der Waals surface area contributed by atoms with Crippen LogP contribution in [0.3, 0.4) is 0 Å². The van der Waals surface area contributed by atoms with Crippen molar-refractivity contribution in [2.75, 3.05) is 0 Å². The van der Waals surface area contributed by atoms with E-state index in [0.29, 0.717) is 0 Å². The van der Waals surface area contributed by atoms with Crippen LogP contribution in [0.15, 0.2) is 24.3 Å². The van der Waals surface area contributed by atoms with Crippen LogP contribution in [0.4, 0.5) is 0 Å². The average Bonchev–Trinajstić information content (AvgIpc) is 2.55. The first-order valence-electron chi connectivity index (χ1n) is 6.19. The van der Waals surface area contributed by atoms with E-state index in [9.17, 15) is 0 Å². The SMILES string of the molecule is C1=CCC/C=C\CC1.CC1CCCC1.[CH3-].[CH3-].[CH3-].[Rh+3]. The van der Waals surface area contributed by atoms with Crippen molar-refractivity contribution >= 4 is 0 Å². The molecule has 1 fully saturated rings. The molecule has 0 aromatic rings. The van der Waals surface area contributed by atoms with Crippen LogP contribution in [0.1, 0.15) is 58.3 Å². The Morgan fingerprint density at radius 1 is 0.667 bits per heavy atom. The van der Waals surface area contributed by atoms with Gasteiger partial charge < -0.3 is 22.3 Å². The van der Waals surface area contributed by atoms with Gasteiger partial charge in [0.1, 0.15) is 0 Å². The van der Waals surface area contributed by atoms with Crippen LogP contribution >= 0.6 is 0 Å². The van der Waals surface area contributed by atoms with Crippen molar-refractivity contribution < 1.29 is 19.5 Å². The van der Waals surface area contributed by atoms with Gasteiger partial charge in [0, 0.05) is 0 Å². The monoisotopic (exact) mass is 340 g/mol. The van der Waals surface area contributed by atoms with Gasteiger partial charge in [-0.05, 0) is 31.6 Å². The van der Waals surface area contributed by atoms with Crippen LogP contribution in [0.25, 0.3) is 0 Å². The maximum atomic E-state index is 2.34. The molecule has 1 heteroatoms. The van der Waals surface area contributed by atoms with Crippen LogP contribution in [0.2, 0.25) is 0 Å². The van der Waals surface area contributed by atoms with Crippen molar-refractivity contribution in [2.45, 2.75) is 58.3 Å². The fraction of sp³-hybridized carbons (Fsp3) is 0.588. The zero-order valence-electron chi connectivity index (χ0n) is 12.9. The number of hydrogen-bond donors (Lipinski definition) is 0. The summed E-state index contributed by atoms with van der Waals surface area (Å²) in [5.74, 6) is 1.05. The molecule has 0 radical (unpaired) electrons. The molecule has 0 spiro atoms. The number of allylic oxidation sites excluding steroid dienone is 4. The molecule has 0 bridgehead atoms. The van der Waals surface area contributed by atoms with E-state index in [1.54, 1.807) is 0 Å². The molecule has 0 unspecified atom stereocenters. The van der Waals surface area contributed by atoms with Crippen LogP contribution < -0.4 is 0 Å². The smallest absolute Gasteiger partial charge is 0.358 e. The van der Waals surface area contributed by atoms with Gasteiger partial charge in [-0.15, -0.1) is 0 Å². The molecule has 1 saturated carbocycles. The summed E-state index contributed by atoms with van der Waals surface area (Å²) in [6.07, 6.45) is 19.9. The fourth-order valence-corrected chi connectivity index (χ4v) is 1.99. The second-order valence-electron chi connectivity index (χ2n) is 4.49. The summed E-state index contributed by atoms with van der Waals surface area (Å²) < 4.78 is 0. The first-order valence-corrected chi connectivity index (χ1v) is 6.19. The third kappa shape index (κ3) is 16.1. The Labute approximate surface area is 130 Å². The van der Waals surface area contributed by atoms with Crippen molar-refractivity contribution in [3.63, 3.8) is 0 Å². The Balaban J connectivity index is -0.0000000910. The summed E-state index contributed by atoms with van der Waals surface area (Å²) in [7, 11) is 0. The molecule has 2 rings (SSSR count). The van der Waals surface area contributed by atoms with E-state index in [0.717, 1.165) is 5.92 Å². The van der Waals surface area contributed by atoms with Crippen molar-refractivity contribution in [3.8, 4) is 0 Å². The molecule has 18 heavy (non-hydrogen) atoms. The average molecular weight is 340 g/mol. The van der Waals surface area contributed by atoms with Crippen molar-refractivity contribution in [3.05, 3.63) is 46.6 Å². The molecule has 0 aromatic heterocycles. The second kappa shape index (κ2) is 19.4. The van der Waals surface area contributed by atoms with E-state index in [2.05, 4.69) is 31.2 Å². The Bertz CT molecular complexity index is 150. The molecule has 0 saturated heterocycles. The standard InChI is InChI=1S/C8H12.C6H12.3CH3.Rh/c1-2-4-6-8-7-5-3-1;1-6-4-2-3-5-6;;;;/h1-2,7-8H,3-6H2;6H,2-5H2,1H3;3*1H3;/q;;3*-1;+3/b2-1-,8-7?;;;;;. The van der Waals surface area contributed by atoms with E-state index in [-0.39, 0.29) is 41.8 Å². The Morgan fingerprint density at radius 3 is 1.11 bits per heavy atom. The second-order valence-corrected chi connectivity index (χ2v) is 4.49. The van der Waals surface area contributed by atoms with Crippen LogP contribution in [0.5, 0.6) is 0 Å². The predicted octanol–water partition coefficient (Wildman–Crippen LogP) is 6.22. The fourth-order valence-electron chi connectivity index (χ4n) is 1.99. The maximum Gasteiger partial charge on any atom is 3.00 e. The van der Waals surface area contributed by atoms with Gasteiger partial charge in [-0.25, -0.2) is 0 Å². The van der Waals surface area contributed by atoms with Gasteiger partial charge in [-0.2, -0.15) is 0 Å². The minimum Gasteiger partial charge on any atom is -0.358 e. The Morgan fingerprint density at radius 2 is 0.944 bits per heavy atom. The first-order chi connectivity index (χ1) is 6.89. The summed E-state index contributed by atoms with van der Waals surface area (Å²) in [6, 6.07) is 0. The summed E-state index contributed by atoms with van der Waals surface area (Å²) >= 11 is 0. The normalized spacial score (nSPS) is 19.2. The van der Waals surface area contributed by atoms with Gasteiger partial charge in [0.05, 0.1) is 0 Å². The zero-order chi connectivity index (χ0) is 10.1. The van der Waals surface area contributed by atoms with Crippen molar-refractivity contribution in [2.24, 2.45) is 5.92 Å². The summed E-state index contributed by atoms with van der Waals surface area (Å²) in [6.45, 7) is 2.34. The molecule has 0 aromatic carbocycles. The first kappa shape index (κ1) is 26.6. The molecule has 0 heterocycles. The molecule has 2 aliphatic carbocycles. The van der Waals surface area contributed by atoms with Crippen LogP contribution in [-0.2, 0) is 19.5 Å². The molecule has 0 atom stereocenters. The molecule has 0 nitrogen and oxygen atoms in total. The zero-order valence-corrected chi connectivity index (χ0v) is 14.5. The third-order valence-corrected chi connectivity index (χ3v) is 2.98. The molecular formula is C17H33Rh. The molecule has 0 aliphatic heterocycles. The van der Waals surface area contributed by atoms with Gasteiger partial charge in [0.15, 0.2) is 0 Å². The number of rotatable bonds is 0. The minimum absolute atomic E-state index is 0. The van der Waals surface area contributed by atoms with E-state index in [4.69, 9.17) is 0 Å². The summed E-state index contributed by atoms with van der Waals surface area (Å²) in [5, 5.41) is 0. The van der Waals surface area contributed by atoms with E-state index < -0.39 is 0 Å². The quantitative estimate of drug-likeness (QED) is 0.279. The largest absolute Gasteiger partial charge is 3.00 e. The van der Waals surface area contributed by atoms with Gasteiger partial charge >= 0.3 is 19.5 Å². The molecule has 110 valence electrons. The van der Waals surface area contributed by atoms with Crippen molar-refractivity contribution in [1.82, 2.24) is 0 Å². The van der Waals surface area contributed by atoms with Crippen LogP contribution in [0, 0.1) is 28.2 Å². The van der Waals surface area contributed by atoms with E-state index in [1.165, 1.54) is 51.4 Å². The Hall–Kier alpha value is 0.103. The van der Waals surface area contributed by atoms with Crippen LogP contribution in [-0.4, -0.2) is 0 Å². The van der Waals surface area contributed by atoms with Gasteiger partial charge in [0.2, 0.25) is 0 Å². The maximum absolute atomic E-state index is 2.34. The number of hydrogen-bond acceptors (Lipinski definition) is 0. The molecular weight excluding hydrogens is 307 g/mol.